The smallest absolute Gasteiger partial charge is 0.117 e. The topological polar surface area (TPSA) is 18.5 Å². The first kappa shape index (κ1) is 8.62. The van der Waals surface area contributed by atoms with Crippen LogP contribution in [-0.2, 0) is 9.47 Å². The second kappa shape index (κ2) is 3.79. The van der Waals surface area contributed by atoms with E-state index < -0.39 is 0 Å². The zero-order chi connectivity index (χ0) is 8.27. The number of ether oxygens (including phenoxy) is 2. The lowest BCUT2D eigenvalue weighted by molar-refractivity contribution is 0.121. The molecule has 0 aromatic heterocycles. The van der Waals surface area contributed by atoms with Crippen LogP contribution in [0.15, 0.2) is 22.9 Å². The van der Waals surface area contributed by atoms with Crippen LogP contribution in [0.1, 0.15) is 6.42 Å². The SMILES string of the molecule is COC1=C(Cl)C=CC(OC)C1. The Bertz CT molecular complexity index is 196. The summed E-state index contributed by atoms with van der Waals surface area (Å²) in [6, 6.07) is 0. The number of methoxy groups -OCH3 is 2. The molecule has 0 saturated carbocycles. The minimum Gasteiger partial charge on any atom is -0.499 e. The molecule has 0 saturated heterocycles. The van der Waals surface area contributed by atoms with Crippen LogP contribution in [0, 0.1) is 0 Å². The van der Waals surface area contributed by atoms with Crippen molar-refractivity contribution in [2.75, 3.05) is 14.2 Å². The zero-order valence-electron chi connectivity index (χ0n) is 6.63. The molecule has 0 aliphatic heterocycles. The normalized spacial score (nSPS) is 24.1. The highest BCUT2D eigenvalue weighted by Gasteiger charge is 2.14. The van der Waals surface area contributed by atoms with E-state index in [1.165, 1.54) is 0 Å². The van der Waals surface area contributed by atoms with Gasteiger partial charge in [-0.3, -0.25) is 0 Å². The van der Waals surface area contributed by atoms with E-state index >= 15 is 0 Å². The van der Waals surface area contributed by atoms with E-state index in [9.17, 15) is 0 Å². The fourth-order valence-electron chi connectivity index (χ4n) is 0.976. The monoisotopic (exact) mass is 174 g/mol. The van der Waals surface area contributed by atoms with Crippen LogP contribution in [0.2, 0.25) is 0 Å². The van der Waals surface area contributed by atoms with Gasteiger partial charge < -0.3 is 9.47 Å². The van der Waals surface area contributed by atoms with Gasteiger partial charge in [0, 0.05) is 13.5 Å². The van der Waals surface area contributed by atoms with Gasteiger partial charge >= 0.3 is 0 Å². The van der Waals surface area contributed by atoms with Crippen molar-refractivity contribution < 1.29 is 9.47 Å². The van der Waals surface area contributed by atoms with Crippen molar-refractivity contribution in [1.82, 2.24) is 0 Å². The van der Waals surface area contributed by atoms with Gasteiger partial charge in [0.2, 0.25) is 0 Å². The molecule has 0 fully saturated rings. The van der Waals surface area contributed by atoms with E-state index in [1.807, 2.05) is 6.08 Å². The Morgan fingerprint density at radius 1 is 1.55 bits per heavy atom. The molecule has 62 valence electrons. The molecular formula is C8H11ClO2. The van der Waals surface area contributed by atoms with E-state index in [4.69, 9.17) is 21.1 Å². The van der Waals surface area contributed by atoms with Crippen molar-refractivity contribution in [1.29, 1.82) is 0 Å². The van der Waals surface area contributed by atoms with Crippen molar-refractivity contribution in [2.24, 2.45) is 0 Å². The van der Waals surface area contributed by atoms with Crippen LogP contribution in [-0.4, -0.2) is 20.3 Å². The molecule has 0 bridgehead atoms. The highest BCUT2D eigenvalue weighted by molar-refractivity contribution is 6.31. The Labute approximate surface area is 71.4 Å². The molecule has 2 nitrogen and oxygen atoms in total. The first-order valence-electron chi connectivity index (χ1n) is 3.41. The van der Waals surface area contributed by atoms with Crippen molar-refractivity contribution in [3.05, 3.63) is 22.9 Å². The summed E-state index contributed by atoms with van der Waals surface area (Å²) in [5.74, 6) is 0.793. The summed E-state index contributed by atoms with van der Waals surface area (Å²) in [7, 11) is 3.28. The van der Waals surface area contributed by atoms with Gasteiger partial charge in [0.1, 0.15) is 5.76 Å². The van der Waals surface area contributed by atoms with Gasteiger partial charge in [0.05, 0.1) is 18.2 Å². The molecule has 3 heteroatoms. The first-order valence-corrected chi connectivity index (χ1v) is 3.79. The van der Waals surface area contributed by atoms with Crippen LogP contribution < -0.4 is 0 Å². The van der Waals surface area contributed by atoms with Crippen LogP contribution in [0.4, 0.5) is 0 Å². The molecular weight excluding hydrogens is 164 g/mol. The fourth-order valence-corrected chi connectivity index (χ4v) is 1.20. The van der Waals surface area contributed by atoms with Crippen molar-refractivity contribution >= 4 is 11.6 Å². The third kappa shape index (κ3) is 1.98. The largest absolute Gasteiger partial charge is 0.499 e. The average Bonchev–Trinajstić information content (AvgIpc) is 2.05. The van der Waals surface area contributed by atoms with E-state index in [2.05, 4.69) is 0 Å². The van der Waals surface area contributed by atoms with Gasteiger partial charge in [0.25, 0.3) is 0 Å². The van der Waals surface area contributed by atoms with Gasteiger partial charge in [-0.15, -0.1) is 0 Å². The molecule has 0 aromatic carbocycles. The lowest BCUT2D eigenvalue weighted by Gasteiger charge is -2.17. The number of rotatable bonds is 2. The molecule has 11 heavy (non-hydrogen) atoms. The second-order valence-electron chi connectivity index (χ2n) is 2.31. The van der Waals surface area contributed by atoms with Crippen LogP contribution >= 0.6 is 11.6 Å². The summed E-state index contributed by atoms with van der Waals surface area (Å²) >= 11 is 5.82. The van der Waals surface area contributed by atoms with Crippen molar-refractivity contribution in [2.45, 2.75) is 12.5 Å². The maximum absolute atomic E-state index is 5.82. The van der Waals surface area contributed by atoms with Gasteiger partial charge in [0.15, 0.2) is 0 Å². The summed E-state index contributed by atoms with van der Waals surface area (Å²) < 4.78 is 10.2. The third-order valence-electron chi connectivity index (χ3n) is 1.66. The minimum absolute atomic E-state index is 0.104. The molecule has 1 rings (SSSR count). The predicted molar refractivity (Wildman–Crippen MR) is 44.4 cm³/mol. The first-order chi connectivity index (χ1) is 5.27. The lowest BCUT2D eigenvalue weighted by Crippen LogP contribution is -2.12. The van der Waals surface area contributed by atoms with E-state index in [1.54, 1.807) is 20.3 Å². The van der Waals surface area contributed by atoms with Crippen LogP contribution in [0.5, 0.6) is 0 Å². The maximum atomic E-state index is 5.82. The van der Waals surface area contributed by atoms with E-state index in [0.29, 0.717) is 5.03 Å². The summed E-state index contributed by atoms with van der Waals surface area (Å²) in [5.41, 5.74) is 0. The molecule has 0 spiro atoms. The quantitative estimate of drug-likeness (QED) is 0.638. The molecule has 1 atom stereocenters. The summed E-state index contributed by atoms with van der Waals surface area (Å²) in [5, 5.41) is 0.667. The standard InChI is InChI=1S/C8H11ClO2/c1-10-6-3-4-7(9)8(5-6)11-2/h3-4,6H,5H2,1-2H3. The Hall–Kier alpha value is -0.470. The van der Waals surface area contributed by atoms with Gasteiger partial charge in [-0.2, -0.15) is 0 Å². The van der Waals surface area contributed by atoms with Gasteiger partial charge in [-0.1, -0.05) is 17.7 Å². The molecule has 0 aromatic rings. The molecule has 1 aliphatic carbocycles. The number of halogens is 1. The molecule has 1 aliphatic rings. The Morgan fingerprint density at radius 2 is 2.27 bits per heavy atom. The summed E-state index contributed by atoms with van der Waals surface area (Å²) in [6.45, 7) is 0. The zero-order valence-corrected chi connectivity index (χ0v) is 7.39. The molecule has 1 unspecified atom stereocenters. The summed E-state index contributed by atoms with van der Waals surface area (Å²) in [4.78, 5) is 0. The molecule has 0 N–H and O–H groups in total. The average molecular weight is 175 g/mol. The maximum Gasteiger partial charge on any atom is 0.117 e. The highest BCUT2D eigenvalue weighted by Crippen LogP contribution is 2.23. The fraction of sp³-hybridized carbons (Fsp3) is 0.500. The van der Waals surface area contributed by atoms with E-state index in [-0.39, 0.29) is 6.10 Å². The third-order valence-corrected chi connectivity index (χ3v) is 2.00. The Balaban J connectivity index is 2.67. The van der Waals surface area contributed by atoms with Crippen LogP contribution in [0.25, 0.3) is 0 Å². The van der Waals surface area contributed by atoms with Crippen molar-refractivity contribution in [3.63, 3.8) is 0 Å². The Morgan fingerprint density at radius 3 is 2.82 bits per heavy atom. The molecule has 0 radical (unpaired) electrons. The lowest BCUT2D eigenvalue weighted by atomic mass is 10.1. The van der Waals surface area contributed by atoms with Gasteiger partial charge in [-0.05, 0) is 6.08 Å². The number of allylic oxidation sites excluding steroid dienone is 2. The number of hydrogen-bond donors (Lipinski definition) is 0. The molecule has 0 heterocycles. The second-order valence-corrected chi connectivity index (χ2v) is 2.72. The minimum atomic E-state index is 0.104. The van der Waals surface area contributed by atoms with Gasteiger partial charge in [-0.25, -0.2) is 0 Å². The predicted octanol–water partition coefficient (Wildman–Crippen LogP) is 2.06. The summed E-state index contributed by atoms with van der Waals surface area (Å²) in [6.07, 6.45) is 4.55. The molecule has 0 amide bonds. The van der Waals surface area contributed by atoms with Crippen molar-refractivity contribution in [3.8, 4) is 0 Å². The van der Waals surface area contributed by atoms with Crippen LogP contribution in [0.3, 0.4) is 0 Å². The van der Waals surface area contributed by atoms with E-state index in [0.717, 1.165) is 12.2 Å². The highest BCUT2D eigenvalue weighted by atomic mass is 35.5. The number of hydrogen-bond acceptors (Lipinski definition) is 2. The Kier molecular flexibility index (Phi) is 2.97.